The molecule has 5 nitrogen and oxygen atoms in total. The maximum Gasteiger partial charge on any atom is 0.257 e. The first-order chi connectivity index (χ1) is 9.69. The summed E-state index contributed by atoms with van der Waals surface area (Å²) in [5.41, 5.74) is 2.76. The second kappa shape index (κ2) is 6.91. The lowest BCUT2D eigenvalue weighted by atomic mass is 10.2. The first-order valence-electron chi connectivity index (χ1n) is 6.27. The molecule has 0 aliphatic heterocycles. The van der Waals surface area contributed by atoms with Crippen LogP contribution in [-0.4, -0.2) is 24.5 Å². The lowest BCUT2D eigenvalue weighted by Gasteiger charge is -2.14. The molecule has 2 rings (SSSR count). The third kappa shape index (κ3) is 3.96. The van der Waals surface area contributed by atoms with Gasteiger partial charge in [0.25, 0.3) is 5.91 Å². The van der Waals surface area contributed by atoms with E-state index in [0.717, 1.165) is 5.69 Å². The van der Waals surface area contributed by atoms with Crippen LogP contribution < -0.4 is 15.4 Å². The second-order valence-corrected chi connectivity index (χ2v) is 5.18. The summed E-state index contributed by atoms with van der Waals surface area (Å²) in [6.07, 6.45) is 1.86. The molecule has 0 fully saturated rings. The van der Waals surface area contributed by atoms with Crippen LogP contribution in [-0.2, 0) is 4.79 Å². The summed E-state index contributed by atoms with van der Waals surface area (Å²) in [4.78, 5) is 16.4. The van der Waals surface area contributed by atoms with Crippen molar-refractivity contribution in [2.24, 2.45) is 0 Å². The quantitative estimate of drug-likeness (QED) is 0.858. The molecule has 1 atom stereocenters. The summed E-state index contributed by atoms with van der Waals surface area (Å²) in [6.45, 7) is 2.09. The number of thiazole rings is 1. The predicted molar refractivity (Wildman–Crippen MR) is 80.2 cm³/mol. The van der Waals surface area contributed by atoms with Gasteiger partial charge in [-0.3, -0.25) is 9.78 Å². The van der Waals surface area contributed by atoms with E-state index in [1.807, 2.05) is 36.0 Å². The zero-order chi connectivity index (χ0) is 14.4. The van der Waals surface area contributed by atoms with Crippen LogP contribution in [0.5, 0.6) is 5.75 Å². The lowest BCUT2D eigenvalue weighted by molar-refractivity contribution is -0.122. The highest BCUT2D eigenvalue weighted by Gasteiger charge is 2.07. The van der Waals surface area contributed by atoms with E-state index in [9.17, 15) is 4.79 Å². The Hall–Kier alpha value is -2.08. The van der Waals surface area contributed by atoms with Gasteiger partial charge in [0.1, 0.15) is 5.75 Å². The molecule has 0 bridgehead atoms. The number of benzene rings is 1. The summed E-state index contributed by atoms with van der Waals surface area (Å²) in [5, 5.41) is 5.89. The Morgan fingerprint density at radius 2 is 2.35 bits per heavy atom. The summed E-state index contributed by atoms with van der Waals surface area (Å²) < 4.78 is 5.41. The number of anilines is 1. The van der Waals surface area contributed by atoms with Crippen LogP contribution in [0.4, 0.5) is 5.69 Å². The van der Waals surface area contributed by atoms with E-state index < -0.39 is 0 Å². The van der Waals surface area contributed by atoms with Gasteiger partial charge in [0.2, 0.25) is 0 Å². The summed E-state index contributed by atoms with van der Waals surface area (Å²) in [5.74, 6) is 0.511. The van der Waals surface area contributed by atoms with Gasteiger partial charge >= 0.3 is 0 Å². The average molecular weight is 291 g/mol. The van der Waals surface area contributed by atoms with Crippen molar-refractivity contribution >= 4 is 22.9 Å². The van der Waals surface area contributed by atoms with Crippen LogP contribution in [0.15, 0.2) is 36.0 Å². The molecule has 1 unspecified atom stereocenters. The third-order valence-electron chi connectivity index (χ3n) is 2.74. The molecule has 2 N–H and O–H groups in total. The second-order valence-electron chi connectivity index (χ2n) is 4.26. The number of nitrogens with one attached hydrogen (secondary N) is 2. The van der Waals surface area contributed by atoms with Crippen LogP contribution in [0.3, 0.4) is 0 Å². The molecule has 1 aromatic heterocycles. The van der Waals surface area contributed by atoms with Gasteiger partial charge in [0.05, 0.1) is 11.6 Å². The molecule has 0 saturated carbocycles. The van der Waals surface area contributed by atoms with Crippen LogP contribution in [0.2, 0.25) is 0 Å². The fourth-order valence-corrected chi connectivity index (χ4v) is 2.29. The van der Waals surface area contributed by atoms with Crippen molar-refractivity contribution in [3.63, 3.8) is 0 Å². The molecule has 1 heterocycles. The number of rotatable bonds is 6. The zero-order valence-electron chi connectivity index (χ0n) is 11.4. The predicted octanol–water partition coefficient (Wildman–Crippen LogP) is 2.44. The molecule has 0 radical (unpaired) electrons. The van der Waals surface area contributed by atoms with Crippen LogP contribution >= 0.6 is 11.3 Å². The molecule has 0 aliphatic carbocycles. The molecule has 6 heteroatoms. The fourth-order valence-electron chi connectivity index (χ4n) is 1.66. The van der Waals surface area contributed by atoms with Gasteiger partial charge < -0.3 is 15.4 Å². The Morgan fingerprint density at radius 1 is 1.50 bits per heavy atom. The van der Waals surface area contributed by atoms with E-state index in [4.69, 9.17) is 4.74 Å². The van der Waals surface area contributed by atoms with E-state index in [1.165, 1.54) is 4.88 Å². The van der Waals surface area contributed by atoms with Crippen molar-refractivity contribution in [1.82, 2.24) is 10.3 Å². The molecule has 1 amide bonds. The van der Waals surface area contributed by atoms with Gasteiger partial charge in [-0.25, -0.2) is 0 Å². The van der Waals surface area contributed by atoms with Gasteiger partial charge in [0, 0.05) is 29.9 Å². The monoisotopic (exact) mass is 291 g/mol. The SMILES string of the molecule is CNC(=O)COc1cccc(NC(C)c2cncs2)c1. The number of hydrogen-bond acceptors (Lipinski definition) is 5. The Bertz CT molecular complexity index is 557. The number of amides is 1. The van der Waals surface area contributed by atoms with Gasteiger partial charge in [-0.15, -0.1) is 11.3 Å². The molecule has 1 aromatic carbocycles. The minimum atomic E-state index is -0.151. The first kappa shape index (κ1) is 14.3. The van der Waals surface area contributed by atoms with E-state index in [-0.39, 0.29) is 18.6 Å². The number of carbonyl (C=O) groups is 1. The van der Waals surface area contributed by atoms with Crippen molar-refractivity contribution in [3.8, 4) is 5.75 Å². The normalized spacial score (nSPS) is 11.7. The smallest absolute Gasteiger partial charge is 0.257 e. The van der Waals surface area contributed by atoms with E-state index >= 15 is 0 Å². The summed E-state index contributed by atoms with van der Waals surface area (Å²) in [6, 6.07) is 7.73. The first-order valence-corrected chi connectivity index (χ1v) is 7.15. The summed E-state index contributed by atoms with van der Waals surface area (Å²) in [7, 11) is 1.58. The lowest BCUT2D eigenvalue weighted by Crippen LogP contribution is -2.24. The minimum absolute atomic E-state index is 0.0182. The van der Waals surface area contributed by atoms with Gasteiger partial charge in [0.15, 0.2) is 6.61 Å². The standard InChI is InChI=1S/C14H17N3O2S/c1-10(13-7-16-9-20-13)17-11-4-3-5-12(6-11)19-8-14(18)15-2/h3-7,9-10,17H,8H2,1-2H3,(H,15,18). The Labute approximate surface area is 122 Å². The third-order valence-corrected chi connectivity index (χ3v) is 3.70. The molecule has 0 aliphatic rings. The van der Waals surface area contributed by atoms with Crippen LogP contribution in [0.25, 0.3) is 0 Å². The topological polar surface area (TPSA) is 63.2 Å². The molecule has 0 saturated heterocycles. The maximum absolute atomic E-state index is 11.1. The highest BCUT2D eigenvalue weighted by Crippen LogP contribution is 2.24. The van der Waals surface area contributed by atoms with E-state index in [2.05, 4.69) is 22.5 Å². The Kier molecular flexibility index (Phi) is 4.95. The number of hydrogen-bond donors (Lipinski definition) is 2. The molecular weight excluding hydrogens is 274 g/mol. The molecule has 2 aromatic rings. The fraction of sp³-hybridized carbons (Fsp3) is 0.286. The number of likely N-dealkylation sites (N-methyl/N-ethyl adjacent to an activating group) is 1. The molecule has 20 heavy (non-hydrogen) atoms. The van der Waals surface area contributed by atoms with Crippen molar-refractivity contribution < 1.29 is 9.53 Å². The molecule has 0 spiro atoms. The number of aromatic nitrogens is 1. The number of nitrogens with zero attached hydrogens (tertiary/aromatic N) is 1. The minimum Gasteiger partial charge on any atom is -0.484 e. The Balaban J connectivity index is 1.97. The Morgan fingerprint density at radius 3 is 3.05 bits per heavy atom. The molecular formula is C14H17N3O2S. The van der Waals surface area contributed by atoms with Gasteiger partial charge in [-0.2, -0.15) is 0 Å². The van der Waals surface area contributed by atoms with Crippen LogP contribution in [0, 0.1) is 0 Å². The number of carbonyl (C=O) groups excluding carboxylic acids is 1. The van der Waals surface area contributed by atoms with Crippen molar-refractivity contribution in [2.45, 2.75) is 13.0 Å². The maximum atomic E-state index is 11.1. The molecule has 106 valence electrons. The van der Waals surface area contributed by atoms with Crippen molar-refractivity contribution in [1.29, 1.82) is 0 Å². The number of ether oxygens (including phenoxy) is 1. The van der Waals surface area contributed by atoms with Crippen LogP contribution in [0.1, 0.15) is 17.8 Å². The highest BCUT2D eigenvalue weighted by molar-refractivity contribution is 7.09. The van der Waals surface area contributed by atoms with Crippen molar-refractivity contribution in [3.05, 3.63) is 40.8 Å². The largest absolute Gasteiger partial charge is 0.484 e. The van der Waals surface area contributed by atoms with E-state index in [1.54, 1.807) is 18.4 Å². The highest BCUT2D eigenvalue weighted by atomic mass is 32.1. The van der Waals surface area contributed by atoms with Gasteiger partial charge in [-0.05, 0) is 19.1 Å². The zero-order valence-corrected chi connectivity index (χ0v) is 12.2. The van der Waals surface area contributed by atoms with Gasteiger partial charge in [-0.1, -0.05) is 6.07 Å². The average Bonchev–Trinajstić information content (AvgIpc) is 2.99. The summed E-state index contributed by atoms with van der Waals surface area (Å²) >= 11 is 1.61. The van der Waals surface area contributed by atoms with Crippen molar-refractivity contribution in [2.75, 3.05) is 19.0 Å². The van der Waals surface area contributed by atoms with E-state index in [0.29, 0.717) is 5.75 Å².